The molecule has 0 fully saturated rings. The lowest BCUT2D eigenvalue weighted by atomic mass is 10.1. The average Bonchev–Trinajstić information content (AvgIpc) is 2.72. The van der Waals surface area contributed by atoms with Gasteiger partial charge in [0.15, 0.2) is 11.5 Å². The number of benzene rings is 2. The van der Waals surface area contributed by atoms with Crippen LogP contribution in [0.4, 0.5) is 5.82 Å². The number of rotatable bonds is 5. The van der Waals surface area contributed by atoms with Crippen molar-refractivity contribution in [2.24, 2.45) is 0 Å². The van der Waals surface area contributed by atoms with E-state index in [1.807, 2.05) is 0 Å². The Labute approximate surface area is 161 Å². The second-order valence-corrected chi connectivity index (χ2v) is 6.00. The van der Waals surface area contributed by atoms with Crippen LogP contribution in [0.25, 0.3) is 11.3 Å². The van der Waals surface area contributed by atoms with Gasteiger partial charge in [0.2, 0.25) is 0 Å². The fourth-order valence-corrected chi connectivity index (χ4v) is 2.59. The molecule has 3 aromatic rings. The summed E-state index contributed by atoms with van der Waals surface area (Å²) in [5, 5.41) is 14.8. The lowest BCUT2D eigenvalue weighted by Gasteiger charge is -2.09. The first-order chi connectivity index (χ1) is 13.5. The SMILES string of the molecule is CNC(=O)c1nc(-c2cccc(C(=O)NCc3cccc(O)c3)c2)cnc1N. The molecule has 0 saturated heterocycles. The summed E-state index contributed by atoms with van der Waals surface area (Å²) in [4.78, 5) is 32.6. The molecular weight excluding hydrogens is 358 g/mol. The second kappa shape index (κ2) is 8.17. The fraction of sp³-hybridized carbons (Fsp3) is 0.100. The molecule has 0 atom stereocenters. The number of carbonyl (C=O) groups is 2. The van der Waals surface area contributed by atoms with E-state index >= 15 is 0 Å². The molecule has 0 aliphatic rings. The maximum Gasteiger partial charge on any atom is 0.273 e. The monoisotopic (exact) mass is 377 g/mol. The highest BCUT2D eigenvalue weighted by Gasteiger charge is 2.14. The van der Waals surface area contributed by atoms with Crippen molar-refractivity contribution in [2.45, 2.75) is 6.54 Å². The molecule has 0 unspecified atom stereocenters. The fourth-order valence-electron chi connectivity index (χ4n) is 2.59. The number of nitrogen functional groups attached to an aromatic ring is 1. The van der Waals surface area contributed by atoms with Gasteiger partial charge in [-0.2, -0.15) is 0 Å². The maximum absolute atomic E-state index is 12.5. The third-order valence-corrected chi connectivity index (χ3v) is 4.03. The Kier molecular flexibility index (Phi) is 5.50. The Morgan fingerprint density at radius 3 is 2.64 bits per heavy atom. The summed E-state index contributed by atoms with van der Waals surface area (Å²) in [5.41, 5.74) is 8.00. The number of aromatic hydroxyl groups is 1. The predicted molar refractivity (Wildman–Crippen MR) is 105 cm³/mol. The molecule has 1 aromatic heterocycles. The zero-order valence-electron chi connectivity index (χ0n) is 15.1. The third-order valence-electron chi connectivity index (χ3n) is 4.03. The van der Waals surface area contributed by atoms with Gasteiger partial charge < -0.3 is 21.5 Å². The van der Waals surface area contributed by atoms with Crippen molar-refractivity contribution in [3.63, 3.8) is 0 Å². The number of phenols is 1. The minimum absolute atomic E-state index is 0.0266. The number of amides is 2. The zero-order chi connectivity index (χ0) is 20.1. The largest absolute Gasteiger partial charge is 0.508 e. The molecule has 0 bridgehead atoms. The first kappa shape index (κ1) is 18.8. The Hall–Kier alpha value is -3.94. The van der Waals surface area contributed by atoms with E-state index in [1.165, 1.54) is 13.2 Å². The molecule has 0 spiro atoms. The van der Waals surface area contributed by atoms with Crippen molar-refractivity contribution in [2.75, 3.05) is 12.8 Å². The van der Waals surface area contributed by atoms with Gasteiger partial charge in [-0.1, -0.05) is 24.3 Å². The molecule has 2 aromatic carbocycles. The van der Waals surface area contributed by atoms with Gasteiger partial charge in [0, 0.05) is 24.7 Å². The van der Waals surface area contributed by atoms with Gasteiger partial charge in [-0.25, -0.2) is 9.97 Å². The molecule has 1 heterocycles. The number of hydrogen-bond acceptors (Lipinski definition) is 6. The van der Waals surface area contributed by atoms with Gasteiger partial charge in [0.1, 0.15) is 5.75 Å². The summed E-state index contributed by atoms with van der Waals surface area (Å²) in [6.45, 7) is 0.278. The molecule has 0 aliphatic heterocycles. The third kappa shape index (κ3) is 4.24. The standard InChI is InChI=1S/C20H19N5O3/c1-22-20(28)17-18(21)23-11-16(25-17)13-5-3-6-14(9-13)19(27)24-10-12-4-2-7-15(26)8-12/h2-9,11,26H,10H2,1H3,(H2,21,23)(H,22,28)(H,24,27). The Balaban J connectivity index is 1.80. The maximum atomic E-state index is 12.5. The molecule has 8 heteroatoms. The topological polar surface area (TPSA) is 130 Å². The first-order valence-corrected chi connectivity index (χ1v) is 8.49. The smallest absolute Gasteiger partial charge is 0.273 e. The van der Waals surface area contributed by atoms with Crippen LogP contribution in [0, 0.1) is 0 Å². The Morgan fingerprint density at radius 1 is 1.11 bits per heavy atom. The minimum Gasteiger partial charge on any atom is -0.508 e. The Bertz CT molecular complexity index is 1040. The summed E-state index contributed by atoms with van der Waals surface area (Å²) in [7, 11) is 1.48. The van der Waals surface area contributed by atoms with Crippen molar-refractivity contribution in [1.29, 1.82) is 0 Å². The number of anilines is 1. The van der Waals surface area contributed by atoms with Crippen molar-refractivity contribution in [3.8, 4) is 17.0 Å². The van der Waals surface area contributed by atoms with Gasteiger partial charge in [-0.05, 0) is 29.8 Å². The summed E-state index contributed by atoms with van der Waals surface area (Å²) < 4.78 is 0. The molecule has 0 radical (unpaired) electrons. The quantitative estimate of drug-likeness (QED) is 0.536. The van der Waals surface area contributed by atoms with Gasteiger partial charge >= 0.3 is 0 Å². The lowest BCUT2D eigenvalue weighted by molar-refractivity contribution is 0.0945. The molecule has 0 aliphatic carbocycles. The molecular formula is C20H19N5O3. The summed E-state index contributed by atoms with van der Waals surface area (Å²) in [6, 6.07) is 13.5. The molecule has 28 heavy (non-hydrogen) atoms. The van der Waals surface area contributed by atoms with Gasteiger partial charge in [-0.3, -0.25) is 9.59 Å². The lowest BCUT2D eigenvalue weighted by Crippen LogP contribution is -2.23. The van der Waals surface area contributed by atoms with Crippen LogP contribution in [-0.4, -0.2) is 33.9 Å². The second-order valence-electron chi connectivity index (χ2n) is 6.00. The molecule has 3 rings (SSSR count). The van der Waals surface area contributed by atoms with Crippen LogP contribution < -0.4 is 16.4 Å². The van der Waals surface area contributed by atoms with E-state index in [9.17, 15) is 14.7 Å². The highest BCUT2D eigenvalue weighted by Crippen LogP contribution is 2.20. The van der Waals surface area contributed by atoms with E-state index in [0.717, 1.165) is 5.56 Å². The molecule has 5 N–H and O–H groups in total. The average molecular weight is 377 g/mol. The van der Waals surface area contributed by atoms with E-state index in [0.29, 0.717) is 16.8 Å². The van der Waals surface area contributed by atoms with Crippen LogP contribution in [0.2, 0.25) is 0 Å². The van der Waals surface area contributed by atoms with Crippen LogP contribution in [0.5, 0.6) is 5.75 Å². The van der Waals surface area contributed by atoms with Crippen LogP contribution in [0.3, 0.4) is 0 Å². The van der Waals surface area contributed by atoms with Crippen LogP contribution in [0.15, 0.2) is 54.7 Å². The normalized spacial score (nSPS) is 10.3. The van der Waals surface area contributed by atoms with Crippen molar-refractivity contribution in [3.05, 3.63) is 71.5 Å². The number of nitrogens with two attached hydrogens (primary N) is 1. The summed E-state index contributed by atoms with van der Waals surface area (Å²) in [6.07, 6.45) is 1.45. The van der Waals surface area contributed by atoms with E-state index < -0.39 is 5.91 Å². The zero-order valence-corrected chi connectivity index (χ0v) is 15.1. The van der Waals surface area contributed by atoms with Crippen molar-refractivity contribution < 1.29 is 14.7 Å². The highest BCUT2D eigenvalue weighted by atomic mass is 16.3. The first-order valence-electron chi connectivity index (χ1n) is 8.49. The van der Waals surface area contributed by atoms with Crippen molar-refractivity contribution in [1.82, 2.24) is 20.6 Å². The number of aromatic nitrogens is 2. The summed E-state index contributed by atoms with van der Waals surface area (Å²) in [5.74, 6) is -0.544. The van der Waals surface area contributed by atoms with Gasteiger partial charge in [-0.15, -0.1) is 0 Å². The number of nitrogens with one attached hydrogen (secondary N) is 2. The molecule has 2 amide bonds. The van der Waals surface area contributed by atoms with E-state index in [4.69, 9.17) is 5.73 Å². The summed E-state index contributed by atoms with van der Waals surface area (Å²) >= 11 is 0. The molecule has 0 saturated carbocycles. The van der Waals surface area contributed by atoms with Crippen LogP contribution >= 0.6 is 0 Å². The number of phenolic OH excluding ortho intramolecular Hbond substituents is 1. The van der Waals surface area contributed by atoms with E-state index in [1.54, 1.807) is 48.5 Å². The highest BCUT2D eigenvalue weighted by molar-refractivity contribution is 5.97. The van der Waals surface area contributed by atoms with E-state index in [-0.39, 0.29) is 29.7 Å². The number of hydrogen-bond donors (Lipinski definition) is 4. The number of nitrogens with zero attached hydrogens (tertiary/aromatic N) is 2. The minimum atomic E-state index is -0.438. The van der Waals surface area contributed by atoms with Crippen LogP contribution in [0.1, 0.15) is 26.4 Å². The van der Waals surface area contributed by atoms with Crippen LogP contribution in [-0.2, 0) is 6.54 Å². The molecule has 142 valence electrons. The Morgan fingerprint density at radius 2 is 1.89 bits per heavy atom. The predicted octanol–water partition coefficient (Wildman–Crippen LogP) is 1.72. The van der Waals surface area contributed by atoms with Gasteiger partial charge in [0.05, 0.1) is 11.9 Å². The molecule has 8 nitrogen and oxygen atoms in total. The number of carbonyl (C=O) groups excluding carboxylic acids is 2. The van der Waals surface area contributed by atoms with E-state index in [2.05, 4.69) is 20.6 Å². The van der Waals surface area contributed by atoms with Crippen molar-refractivity contribution >= 4 is 17.6 Å². The van der Waals surface area contributed by atoms with Gasteiger partial charge in [0.25, 0.3) is 11.8 Å².